The summed E-state index contributed by atoms with van der Waals surface area (Å²) in [5.74, 6) is 3.43. The highest BCUT2D eigenvalue weighted by Crippen LogP contribution is 2.19. The number of aryl methyl sites for hydroxylation is 2. The topological polar surface area (TPSA) is 68.9 Å². The van der Waals surface area contributed by atoms with Crippen molar-refractivity contribution < 1.29 is 4.42 Å². The number of nitrogens with zero attached hydrogens (tertiary/aromatic N) is 4. The summed E-state index contributed by atoms with van der Waals surface area (Å²) in [5.41, 5.74) is 1.01. The van der Waals surface area contributed by atoms with Crippen molar-refractivity contribution in [1.82, 2.24) is 25.4 Å². The van der Waals surface area contributed by atoms with Gasteiger partial charge in [-0.3, -0.25) is 9.89 Å². The van der Waals surface area contributed by atoms with E-state index < -0.39 is 0 Å². The first-order chi connectivity index (χ1) is 14.6. The van der Waals surface area contributed by atoms with Gasteiger partial charge in [0.2, 0.25) is 5.89 Å². The summed E-state index contributed by atoms with van der Waals surface area (Å²) in [7, 11) is 1.87. The molecule has 2 aliphatic heterocycles. The first-order valence-corrected chi connectivity index (χ1v) is 12.0. The van der Waals surface area contributed by atoms with Gasteiger partial charge in [-0.2, -0.15) is 0 Å². The lowest BCUT2D eigenvalue weighted by molar-refractivity contribution is 0.164. The Bertz CT molecular complexity index is 623. The van der Waals surface area contributed by atoms with Gasteiger partial charge in [0.15, 0.2) is 5.96 Å². The Hall–Kier alpha value is -1.60. The van der Waals surface area contributed by atoms with E-state index in [0.717, 1.165) is 56.0 Å². The average molecular weight is 419 g/mol. The molecule has 170 valence electrons. The molecular formula is C23H42N6O. The van der Waals surface area contributed by atoms with E-state index in [2.05, 4.69) is 30.4 Å². The lowest BCUT2D eigenvalue weighted by atomic mass is 9.97. The number of likely N-dealkylation sites (tertiary alicyclic amines) is 2. The van der Waals surface area contributed by atoms with Gasteiger partial charge >= 0.3 is 0 Å². The van der Waals surface area contributed by atoms with Crippen LogP contribution in [-0.4, -0.2) is 73.6 Å². The van der Waals surface area contributed by atoms with E-state index >= 15 is 0 Å². The minimum absolute atomic E-state index is 0.699. The Balaban J connectivity index is 1.27. The van der Waals surface area contributed by atoms with Crippen molar-refractivity contribution in [3.05, 3.63) is 17.3 Å². The van der Waals surface area contributed by atoms with E-state index in [4.69, 9.17) is 4.42 Å². The number of oxazole rings is 1. The quantitative estimate of drug-likeness (QED) is 0.384. The van der Waals surface area contributed by atoms with Crippen LogP contribution in [0.3, 0.4) is 0 Å². The Morgan fingerprint density at radius 3 is 2.40 bits per heavy atom. The van der Waals surface area contributed by atoms with Crippen molar-refractivity contribution in [3.63, 3.8) is 0 Å². The summed E-state index contributed by atoms with van der Waals surface area (Å²) in [4.78, 5) is 14.0. The Morgan fingerprint density at radius 1 is 1.03 bits per heavy atom. The minimum Gasteiger partial charge on any atom is -0.444 e. The maximum atomic E-state index is 5.74. The second kappa shape index (κ2) is 12.3. The van der Waals surface area contributed by atoms with E-state index in [1.165, 1.54) is 64.6 Å². The number of rotatable bonds is 8. The van der Waals surface area contributed by atoms with Gasteiger partial charge in [0, 0.05) is 20.1 Å². The molecule has 30 heavy (non-hydrogen) atoms. The summed E-state index contributed by atoms with van der Waals surface area (Å²) < 4.78 is 5.74. The zero-order valence-corrected chi connectivity index (χ0v) is 19.4. The van der Waals surface area contributed by atoms with E-state index in [-0.39, 0.29) is 0 Å². The van der Waals surface area contributed by atoms with Gasteiger partial charge in [-0.25, -0.2) is 4.98 Å². The molecule has 2 fully saturated rings. The highest BCUT2D eigenvalue weighted by atomic mass is 16.4. The van der Waals surface area contributed by atoms with Crippen molar-refractivity contribution in [1.29, 1.82) is 0 Å². The normalized spacial score (nSPS) is 20.3. The maximum absolute atomic E-state index is 5.74. The molecule has 2 N–H and O–H groups in total. The lowest BCUT2D eigenvalue weighted by Gasteiger charge is -2.31. The largest absolute Gasteiger partial charge is 0.444 e. The third-order valence-electron chi connectivity index (χ3n) is 6.56. The SMILES string of the molecule is CN=C(NCCCN1CCCCCC1)NCC1CCN(Cc2nc(C)c(C)o2)CC1. The molecule has 3 heterocycles. The van der Waals surface area contributed by atoms with Crippen molar-refractivity contribution >= 4 is 5.96 Å². The molecule has 0 unspecified atom stereocenters. The van der Waals surface area contributed by atoms with Crippen LogP contribution in [0.15, 0.2) is 9.41 Å². The maximum Gasteiger partial charge on any atom is 0.208 e. The van der Waals surface area contributed by atoms with Crippen LogP contribution in [0.2, 0.25) is 0 Å². The number of piperidine rings is 1. The number of hydrogen-bond acceptors (Lipinski definition) is 5. The molecule has 0 aromatic carbocycles. The molecule has 1 aromatic heterocycles. The van der Waals surface area contributed by atoms with Crippen molar-refractivity contribution in [2.75, 3.05) is 52.9 Å². The number of aromatic nitrogens is 1. The first kappa shape index (κ1) is 23.1. The molecule has 3 rings (SSSR count). The third kappa shape index (κ3) is 7.58. The molecule has 1 aromatic rings. The van der Waals surface area contributed by atoms with E-state index in [0.29, 0.717) is 5.92 Å². The third-order valence-corrected chi connectivity index (χ3v) is 6.56. The molecular weight excluding hydrogens is 376 g/mol. The summed E-state index contributed by atoms with van der Waals surface area (Å²) in [6.45, 7) is 12.8. The number of nitrogens with one attached hydrogen (secondary N) is 2. The second-order valence-corrected chi connectivity index (χ2v) is 8.96. The fraction of sp³-hybridized carbons (Fsp3) is 0.826. The molecule has 0 bridgehead atoms. The summed E-state index contributed by atoms with van der Waals surface area (Å²) in [6.07, 6.45) is 9.14. The highest BCUT2D eigenvalue weighted by Gasteiger charge is 2.21. The van der Waals surface area contributed by atoms with Gasteiger partial charge in [0.25, 0.3) is 0 Å². The van der Waals surface area contributed by atoms with Crippen LogP contribution in [-0.2, 0) is 6.54 Å². The van der Waals surface area contributed by atoms with E-state index in [1.807, 2.05) is 20.9 Å². The summed E-state index contributed by atoms with van der Waals surface area (Å²) in [6, 6.07) is 0. The van der Waals surface area contributed by atoms with Crippen LogP contribution in [0.4, 0.5) is 0 Å². The fourth-order valence-electron chi connectivity index (χ4n) is 4.48. The number of aliphatic imine (C=N–C) groups is 1. The molecule has 0 amide bonds. The van der Waals surface area contributed by atoms with Gasteiger partial charge in [-0.05, 0) is 84.6 Å². The molecule has 2 saturated heterocycles. The number of hydrogen-bond donors (Lipinski definition) is 2. The van der Waals surface area contributed by atoms with E-state index in [1.54, 1.807) is 0 Å². The van der Waals surface area contributed by atoms with Gasteiger partial charge in [0.05, 0.1) is 12.2 Å². The van der Waals surface area contributed by atoms with Crippen molar-refractivity contribution in [3.8, 4) is 0 Å². The molecule has 0 aliphatic carbocycles. The first-order valence-electron chi connectivity index (χ1n) is 12.0. The molecule has 2 aliphatic rings. The van der Waals surface area contributed by atoms with Crippen LogP contribution in [0, 0.1) is 19.8 Å². The highest BCUT2D eigenvalue weighted by molar-refractivity contribution is 5.79. The molecule has 0 radical (unpaired) electrons. The monoisotopic (exact) mass is 418 g/mol. The summed E-state index contributed by atoms with van der Waals surface area (Å²) >= 11 is 0. The van der Waals surface area contributed by atoms with Crippen molar-refractivity contribution in [2.24, 2.45) is 10.9 Å². The Labute approximate surface area is 182 Å². The predicted molar refractivity (Wildman–Crippen MR) is 123 cm³/mol. The Morgan fingerprint density at radius 2 is 1.77 bits per heavy atom. The lowest BCUT2D eigenvalue weighted by Crippen LogP contribution is -2.43. The van der Waals surface area contributed by atoms with Gasteiger partial charge in [-0.1, -0.05) is 12.8 Å². The molecule has 7 heteroatoms. The van der Waals surface area contributed by atoms with E-state index in [9.17, 15) is 0 Å². The summed E-state index contributed by atoms with van der Waals surface area (Å²) in [5, 5.41) is 7.03. The second-order valence-electron chi connectivity index (χ2n) is 8.96. The van der Waals surface area contributed by atoms with Crippen LogP contribution >= 0.6 is 0 Å². The van der Waals surface area contributed by atoms with Crippen LogP contribution in [0.1, 0.15) is 62.3 Å². The van der Waals surface area contributed by atoms with Gasteiger partial charge in [0.1, 0.15) is 5.76 Å². The molecule has 0 spiro atoms. The van der Waals surface area contributed by atoms with Gasteiger partial charge in [-0.15, -0.1) is 0 Å². The average Bonchev–Trinajstić information content (AvgIpc) is 2.93. The smallest absolute Gasteiger partial charge is 0.208 e. The molecule has 7 nitrogen and oxygen atoms in total. The van der Waals surface area contributed by atoms with Crippen LogP contribution in [0.5, 0.6) is 0 Å². The van der Waals surface area contributed by atoms with Gasteiger partial charge < -0.3 is 20.0 Å². The van der Waals surface area contributed by atoms with Crippen LogP contribution < -0.4 is 10.6 Å². The standard InChI is InChI=1S/C23H42N6O/c1-19-20(2)30-22(27-19)18-29-15-9-21(10-16-29)17-26-23(24-3)25-11-8-14-28-12-6-4-5-7-13-28/h21H,4-18H2,1-3H3,(H2,24,25,26). The fourth-order valence-corrected chi connectivity index (χ4v) is 4.48. The number of guanidine groups is 1. The predicted octanol–water partition coefficient (Wildman–Crippen LogP) is 2.93. The van der Waals surface area contributed by atoms with Crippen LogP contribution in [0.25, 0.3) is 0 Å². The Kier molecular flexibility index (Phi) is 9.46. The minimum atomic E-state index is 0.699. The molecule has 0 saturated carbocycles. The zero-order valence-electron chi connectivity index (χ0n) is 19.4. The molecule has 0 atom stereocenters. The van der Waals surface area contributed by atoms with Crippen molar-refractivity contribution in [2.45, 2.75) is 65.3 Å². The zero-order chi connectivity index (χ0) is 21.2.